The highest BCUT2D eigenvalue weighted by molar-refractivity contribution is 6.30. The Balaban J connectivity index is 1.95. The zero-order valence-electron chi connectivity index (χ0n) is 13.1. The van der Waals surface area contributed by atoms with Gasteiger partial charge in [-0.05, 0) is 37.3 Å². The Bertz CT molecular complexity index is 624. The van der Waals surface area contributed by atoms with Gasteiger partial charge in [0.2, 0.25) is 0 Å². The summed E-state index contributed by atoms with van der Waals surface area (Å²) in [5.41, 5.74) is -0.369. The molecule has 2 unspecified atom stereocenters. The van der Waals surface area contributed by atoms with Crippen molar-refractivity contribution in [2.24, 2.45) is 0 Å². The molecule has 0 aromatic carbocycles. The first kappa shape index (κ1) is 17.5. The number of esters is 1. The van der Waals surface area contributed by atoms with Crippen LogP contribution in [0.3, 0.4) is 0 Å². The second-order valence-electron chi connectivity index (χ2n) is 6.55. The predicted octanol–water partition coefficient (Wildman–Crippen LogP) is 3.33. The number of fused-ring (bicyclic) bond motifs is 2. The van der Waals surface area contributed by atoms with Gasteiger partial charge in [0.25, 0.3) is 0 Å². The minimum absolute atomic E-state index is 0.286. The van der Waals surface area contributed by atoms with Crippen molar-refractivity contribution >= 4 is 17.6 Å². The molecule has 2 bridgehead atoms. The smallest absolute Gasteiger partial charge is 0.401 e. The summed E-state index contributed by atoms with van der Waals surface area (Å²) in [4.78, 5) is 18.1. The van der Waals surface area contributed by atoms with Gasteiger partial charge < -0.3 is 4.74 Å². The van der Waals surface area contributed by atoms with Gasteiger partial charge in [0.1, 0.15) is 0 Å². The normalized spacial score (nSPS) is 30.4. The van der Waals surface area contributed by atoms with E-state index in [1.165, 1.54) is 18.2 Å². The van der Waals surface area contributed by atoms with Crippen molar-refractivity contribution in [3.8, 4) is 0 Å². The third-order valence-corrected chi connectivity index (χ3v) is 5.34. The molecule has 1 aromatic heterocycles. The Morgan fingerprint density at radius 1 is 1.38 bits per heavy atom. The van der Waals surface area contributed by atoms with Crippen LogP contribution in [0.1, 0.15) is 31.2 Å². The largest absolute Gasteiger partial charge is 0.468 e. The van der Waals surface area contributed by atoms with Gasteiger partial charge in [0.05, 0.1) is 24.1 Å². The topological polar surface area (TPSA) is 42.4 Å². The van der Waals surface area contributed by atoms with E-state index in [4.69, 9.17) is 16.3 Å². The molecular formula is C16H18ClF3N2O2. The summed E-state index contributed by atoms with van der Waals surface area (Å²) in [5, 5.41) is 0.390. The second kappa shape index (κ2) is 6.19. The molecule has 0 radical (unpaired) electrons. The first-order chi connectivity index (χ1) is 11.2. The van der Waals surface area contributed by atoms with Crippen molar-refractivity contribution < 1.29 is 22.7 Å². The molecule has 4 nitrogen and oxygen atoms in total. The first-order valence-corrected chi connectivity index (χ1v) is 8.15. The van der Waals surface area contributed by atoms with Crippen LogP contribution in [0.2, 0.25) is 5.02 Å². The molecule has 2 saturated heterocycles. The van der Waals surface area contributed by atoms with E-state index in [0.29, 0.717) is 23.4 Å². The Labute approximate surface area is 142 Å². The molecule has 0 N–H and O–H groups in total. The fraction of sp³-hybridized carbons (Fsp3) is 0.625. The average molecular weight is 363 g/mol. The average Bonchev–Trinajstić information content (AvgIpc) is 2.75. The van der Waals surface area contributed by atoms with Gasteiger partial charge in [0.15, 0.2) is 0 Å². The first-order valence-electron chi connectivity index (χ1n) is 7.77. The highest BCUT2D eigenvalue weighted by Gasteiger charge is 2.55. The summed E-state index contributed by atoms with van der Waals surface area (Å²) in [5.74, 6) is -0.435. The number of halogens is 4. The number of carbonyl (C=O) groups excluding carboxylic acids is 1. The van der Waals surface area contributed by atoms with E-state index in [1.54, 1.807) is 12.3 Å². The van der Waals surface area contributed by atoms with E-state index in [1.807, 2.05) is 0 Å². The van der Waals surface area contributed by atoms with Gasteiger partial charge in [-0.25, -0.2) is 0 Å². The van der Waals surface area contributed by atoms with Crippen LogP contribution in [0.15, 0.2) is 18.5 Å². The van der Waals surface area contributed by atoms with Crippen molar-refractivity contribution in [3.63, 3.8) is 0 Å². The van der Waals surface area contributed by atoms with E-state index in [0.717, 1.165) is 0 Å². The zero-order valence-corrected chi connectivity index (χ0v) is 13.9. The fourth-order valence-electron chi connectivity index (χ4n) is 4.20. The summed E-state index contributed by atoms with van der Waals surface area (Å²) < 4.78 is 43.5. The molecule has 3 heterocycles. The molecule has 0 saturated carbocycles. The van der Waals surface area contributed by atoms with E-state index >= 15 is 0 Å². The number of nitrogens with zero attached hydrogens (tertiary/aromatic N) is 2. The molecular weight excluding hydrogens is 345 g/mol. The van der Waals surface area contributed by atoms with Gasteiger partial charge >= 0.3 is 12.1 Å². The molecule has 2 fully saturated rings. The quantitative estimate of drug-likeness (QED) is 0.773. The van der Waals surface area contributed by atoms with Crippen LogP contribution in [-0.4, -0.2) is 47.8 Å². The molecule has 2 atom stereocenters. The number of carbonyl (C=O) groups is 1. The zero-order chi connectivity index (χ0) is 17.5. The number of alkyl halides is 3. The predicted molar refractivity (Wildman–Crippen MR) is 81.7 cm³/mol. The van der Waals surface area contributed by atoms with Crippen molar-refractivity contribution in [3.05, 3.63) is 29.0 Å². The van der Waals surface area contributed by atoms with Gasteiger partial charge in [0, 0.05) is 24.5 Å². The van der Waals surface area contributed by atoms with E-state index in [2.05, 4.69) is 4.98 Å². The molecule has 1 aromatic rings. The Kier molecular flexibility index (Phi) is 4.51. The fourth-order valence-corrected chi connectivity index (χ4v) is 4.37. The van der Waals surface area contributed by atoms with Gasteiger partial charge in [-0.15, -0.1) is 0 Å². The third-order valence-electron chi connectivity index (χ3n) is 5.13. The van der Waals surface area contributed by atoms with Crippen LogP contribution in [0.25, 0.3) is 0 Å². The SMILES string of the molecule is COC(=O)C1(c2cncc(Cl)c2)CC2CCC(C1)N2CC(F)(F)F. The van der Waals surface area contributed by atoms with Crippen LogP contribution < -0.4 is 0 Å². The van der Waals surface area contributed by atoms with Gasteiger partial charge in [-0.2, -0.15) is 13.2 Å². The van der Waals surface area contributed by atoms with Crippen molar-refractivity contribution in [2.45, 2.75) is 49.4 Å². The Hall–Kier alpha value is -1.34. The Morgan fingerprint density at radius 3 is 2.50 bits per heavy atom. The minimum atomic E-state index is -4.25. The number of aromatic nitrogens is 1. The molecule has 132 valence electrons. The Morgan fingerprint density at radius 2 is 2.00 bits per heavy atom. The summed E-state index contributed by atoms with van der Waals surface area (Å²) in [6, 6.07) is 1.05. The van der Waals surface area contributed by atoms with E-state index < -0.39 is 24.1 Å². The monoisotopic (exact) mass is 362 g/mol. The molecule has 0 aliphatic carbocycles. The summed E-state index contributed by atoms with van der Waals surface area (Å²) >= 11 is 6.00. The second-order valence-corrected chi connectivity index (χ2v) is 6.98. The number of rotatable bonds is 3. The van der Waals surface area contributed by atoms with E-state index in [9.17, 15) is 18.0 Å². The number of pyridine rings is 1. The lowest BCUT2D eigenvalue weighted by Gasteiger charge is -2.45. The van der Waals surface area contributed by atoms with Crippen LogP contribution >= 0.6 is 11.6 Å². The number of hydrogen-bond acceptors (Lipinski definition) is 4. The molecule has 2 aliphatic rings. The maximum atomic E-state index is 12.8. The lowest BCUT2D eigenvalue weighted by molar-refractivity contribution is -0.164. The molecule has 0 amide bonds. The molecule has 24 heavy (non-hydrogen) atoms. The third kappa shape index (κ3) is 3.11. The molecule has 2 aliphatic heterocycles. The van der Waals surface area contributed by atoms with Crippen molar-refractivity contribution in [1.29, 1.82) is 0 Å². The summed E-state index contributed by atoms with van der Waals surface area (Å²) in [6.45, 7) is -0.937. The maximum Gasteiger partial charge on any atom is 0.401 e. The van der Waals surface area contributed by atoms with E-state index in [-0.39, 0.29) is 24.9 Å². The summed E-state index contributed by atoms with van der Waals surface area (Å²) in [6.07, 6.45) is 0.637. The number of ether oxygens (including phenoxy) is 1. The molecule has 3 rings (SSSR count). The van der Waals surface area contributed by atoms with Crippen LogP contribution in [0, 0.1) is 0 Å². The maximum absolute atomic E-state index is 12.8. The standard InChI is InChI=1S/C16H18ClF3N2O2/c1-24-14(23)15(10-4-11(17)8-21-7-10)5-12-2-3-13(6-15)22(12)9-16(18,19)20/h4,7-8,12-13H,2-3,5-6,9H2,1H3. The lowest BCUT2D eigenvalue weighted by atomic mass is 9.70. The molecule has 0 spiro atoms. The summed E-state index contributed by atoms with van der Waals surface area (Å²) in [7, 11) is 1.30. The van der Waals surface area contributed by atoms with Crippen LogP contribution in [0.4, 0.5) is 13.2 Å². The van der Waals surface area contributed by atoms with Crippen LogP contribution in [-0.2, 0) is 14.9 Å². The highest BCUT2D eigenvalue weighted by atomic mass is 35.5. The van der Waals surface area contributed by atoms with Gasteiger partial charge in [-0.1, -0.05) is 11.6 Å². The minimum Gasteiger partial charge on any atom is -0.468 e. The van der Waals surface area contributed by atoms with Crippen LogP contribution in [0.5, 0.6) is 0 Å². The van der Waals surface area contributed by atoms with Crippen molar-refractivity contribution in [2.75, 3.05) is 13.7 Å². The molecule has 8 heteroatoms. The number of hydrogen-bond donors (Lipinski definition) is 0. The van der Waals surface area contributed by atoms with Gasteiger partial charge in [-0.3, -0.25) is 14.7 Å². The number of piperidine rings is 1. The number of methoxy groups -OCH3 is 1. The van der Waals surface area contributed by atoms with Crippen molar-refractivity contribution in [1.82, 2.24) is 9.88 Å². The lowest BCUT2D eigenvalue weighted by Crippen LogP contribution is -2.55. The highest BCUT2D eigenvalue weighted by Crippen LogP contribution is 2.48.